The Hall–Kier alpha value is -1.94. The minimum absolute atomic E-state index is 0.00746. The molecule has 0 atom stereocenters. The van der Waals surface area contributed by atoms with Crippen molar-refractivity contribution < 1.29 is 0 Å². The Labute approximate surface area is 105 Å². The molecule has 0 spiro atoms. The number of nitrogens with one attached hydrogen (secondary N) is 2. The molecule has 2 N–H and O–H groups in total. The predicted molar refractivity (Wildman–Crippen MR) is 69.3 cm³/mol. The Balaban J connectivity index is 1.78. The first-order valence-electron chi connectivity index (χ1n) is 6.18. The molecule has 0 bridgehead atoms. The molecule has 2 aromatic rings. The van der Waals surface area contributed by atoms with Crippen molar-refractivity contribution in [3.05, 3.63) is 63.3 Å². The SMILES string of the molecule is O=c1[nH]c(CCc2ccccc2)nc2c1CNC2. The number of aryl methyl sites for hydroxylation is 2. The molecule has 2 heterocycles. The lowest BCUT2D eigenvalue weighted by Crippen LogP contribution is -2.17. The van der Waals surface area contributed by atoms with E-state index in [0.717, 1.165) is 29.9 Å². The van der Waals surface area contributed by atoms with Gasteiger partial charge in [-0.15, -0.1) is 0 Å². The van der Waals surface area contributed by atoms with E-state index >= 15 is 0 Å². The van der Waals surface area contributed by atoms with Crippen LogP contribution in [0.1, 0.15) is 22.6 Å². The number of hydrogen-bond donors (Lipinski definition) is 2. The molecule has 1 aromatic heterocycles. The summed E-state index contributed by atoms with van der Waals surface area (Å²) in [6, 6.07) is 10.2. The zero-order valence-corrected chi connectivity index (χ0v) is 10.1. The first-order chi connectivity index (χ1) is 8.83. The van der Waals surface area contributed by atoms with Crippen LogP contribution in [0.25, 0.3) is 0 Å². The van der Waals surface area contributed by atoms with Crippen LogP contribution in [-0.2, 0) is 25.9 Å². The number of aromatic nitrogens is 2. The third-order valence-corrected chi connectivity index (χ3v) is 3.24. The summed E-state index contributed by atoms with van der Waals surface area (Å²) in [5.41, 5.74) is 2.96. The summed E-state index contributed by atoms with van der Waals surface area (Å²) in [5, 5.41) is 3.15. The number of hydrogen-bond acceptors (Lipinski definition) is 3. The van der Waals surface area contributed by atoms with E-state index in [9.17, 15) is 4.79 Å². The van der Waals surface area contributed by atoms with Crippen LogP contribution >= 0.6 is 0 Å². The van der Waals surface area contributed by atoms with Crippen LogP contribution in [0.4, 0.5) is 0 Å². The zero-order chi connectivity index (χ0) is 12.4. The molecule has 0 amide bonds. The van der Waals surface area contributed by atoms with E-state index in [4.69, 9.17) is 0 Å². The highest BCUT2D eigenvalue weighted by Gasteiger charge is 2.16. The van der Waals surface area contributed by atoms with E-state index < -0.39 is 0 Å². The first-order valence-corrected chi connectivity index (χ1v) is 6.18. The number of rotatable bonds is 3. The normalized spacial score (nSPS) is 13.6. The molecular formula is C14H15N3O. The molecule has 1 aliphatic rings. The maximum absolute atomic E-state index is 11.8. The monoisotopic (exact) mass is 241 g/mol. The summed E-state index contributed by atoms with van der Waals surface area (Å²) in [4.78, 5) is 19.2. The lowest BCUT2D eigenvalue weighted by Gasteiger charge is -2.03. The van der Waals surface area contributed by atoms with Gasteiger partial charge in [-0.1, -0.05) is 30.3 Å². The number of fused-ring (bicyclic) bond motifs is 1. The highest BCUT2D eigenvalue weighted by molar-refractivity contribution is 5.22. The quantitative estimate of drug-likeness (QED) is 0.847. The van der Waals surface area contributed by atoms with E-state index in [2.05, 4.69) is 27.4 Å². The van der Waals surface area contributed by atoms with Gasteiger partial charge in [0.25, 0.3) is 5.56 Å². The summed E-state index contributed by atoms with van der Waals surface area (Å²) >= 11 is 0. The maximum Gasteiger partial charge on any atom is 0.255 e. The van der Waals surface area contributed by atoms with Gasteiger partial charge in [-0.3, -0.25) is 4.79 Å². The van der Waals surface area contributed by atoms with Gasteiger partial charge in [0.1, 0.15) is 5.82 Å². The molecule has 0 radical (unpaired) electrons. The fraction of sp³-hybridized carbons (Fsp3) is 0.286. The number of benzene rings is 1. The molecule has 4 nitrogen and oxygen atoms in total. The molecule has 1 aliphatic heterocycles. The van der Waals surface area contributed by atoms with Crippen LogP contribution in [-0.4, -0.2) is 9.97 Å². The van der Waals surface area contributed by atoms with Crippen molar-refractivity contribution in [1.82, 2.24) is 15.3 Å². The summed E-state index contributed by atoms with van der Waals surface area (Å²) in [7, 11) is 0. The first kappa shape index (κ1) is 11.2. The number of nitrogens with zero attached hydrogens (tertiary/aromatic N) is 1. The Morgan fingerprint density at radius 2 is 1.94 bits per heavy atom. The average Bonchev–Trinajstić information content (AvgIpc) is 2.86. The van der Waals surface area contributed by atoms with Gasteiger partial charge in [0.05, 0.1) is 11.3 Å². The molecule has 0 saturated heterocycles. The molecule has 92 valence electrons. The predicted octanol–water partition coefficient (Wildman–Crippen LogP) is 1.16. The van der Waals surface area contributed by atoms with Gasteiger partial charge < -0.3 is 10.3 Å². The van der Waals surface area contributed by atoms with Gasteiger partial charge in [0, 0.05) is 19.5 Å². The van der Waals surface area contributed by atoms with Crippen molar-refractivity contribution in [2.75, 3.05) is 0 Å². The molecule has 0 saturated carbocycles. The molecule has 1 aromatic carbocycles. The van der Waals surface area contributed by atoms with E-state index in [1.165, 1.54) is 5.56 Å². The lowest BCUT2D eigenvalue weighted by molar-refractivity contribution is 0.754. The van der Waals surface area contributed by atoms with Crippen LogP contribution in [0.5, 0.6) is 0 Å². The second-order valence-corrected chi connectivity index (χ2v) is 4.53. The molecule has 0 aliphatic carbocycles. The van der Waals surface area contributed by atoms with Crippen molar-refractivity contribution in [2.24, 2.45) is 0 Å². The summed E-state index contributed by atoms with van der Waals surface area (Å²) in [6.07, 6.45) is 1.67. The third kappa shape index (κ3) is 2.19. The summed E-state index contributed by atoms with van der Waals surface area (Å²) in [5.74, 6) is 0.784. The zero-order valence-electron chi connectivity index (χ0n) is 10.1. The molecule has 18 heavy (non-hydrogen) atoms. The van der Waals surface area contributed by atoms with Gasteiger partial charge in [0.15, 0.2) is 0 Å². The fourth-order valence-electron chi connectivity index (χ4n) is 2.26. The van der Waals surface area contributed by atoms with Gasteiger partial charge >= 0.3 is 0 Å². The van der Waals surface area contributed by atoms with Crippen LogP contribution < -0.4 is 10.9 Å². The Kier molecular flexibility index (Phi) is 2.94. The van der Waals surface area contributed by atoms with E-state index in [-0.39, 0.29) is 5.56 Å². The second-order valence-electron chi connectivity index (χ2n) is 4.53. The minimum Gasteiger partial charge on any atom is -0.310 e. The van der Waals surface area contributed by atoms with Gasteiger partial charge in [0.2, 0.25) is 0 Å². The van der Waals surface area contributed by atoms with E-state index in [1.54, 1.807) is 0 Å². The maximum atomic E-state index is 11.8. The van der Waals surface area contributed by atoms with Crippen LogP contribution in [0.2, 0.25) is 0 Å². The van der Waals surface area contributed by atoms with Gasteiger partial charge in [-0.2, -0.15) is 0 Å². The second kappa shape index (κ2) is 4.74. The van der Waals surface area contributed by atoms with E-state index in [0.29, 0.717) is 13.1 Å². The standard InChI is InChI=1S/C14H15N3O/c18-14-11-8-15-9-12(11)16-13(17-14)7-6-10-4-2-1-3-5-10/h1-5,15H,6-9H2,(H,16,17,18). The number of H-pyrrole nitrogens is 1. The van der Waals surface area contributed by atoms with Crippen LogP contribution in [0.15, 0.2) is 35.1 Å². The topological polar surface area (TPSA) is 57.8 Å². The van der Waals surface area contributed by atoms with Crippen molar-refractivity contribution >= 4 is 0 Å². The van der Waals surface area contributed by atoms with Gasteiger partial charge in [-0.05, 0) is 12.0 Å². The smallest absolute Gasteiger partial charge is 0.255 e. The van der Waals surface area contributed by atoms with E-state index in [1.807, 2.05) is 18.2 Å². The summed E-state index contributed by atoms with van der Waals surface area (Å²) < 4.78 is 0. The minimum atomic E-state index is 0.00746. The number of aromatic amines is 1. The molecular weight excluding hydrogens is 226 g/mol. The fourth-order valence-corrected chi connectivity index (χ4v) is 2.26. The largest absolute Gasteiger partial charge is 0.310 e. The van der Waals surface area contributed by atoms with Gasteiger partial charge in [-0.25, -0.2) is 4.98 Å². The third-order valence-electron chi connectivity index (χ3n) is 3.24. The molecule has 3 rings (SSSR count). The van der Waals surface area contributed by atoms with Crippen LogP contribution in [0, 0.1) is 0 Å². The van der Waals surface area contributed by atoms with Crippen LogP contribution in [0.3, 0.4) is 0 Å². The highest BCUT2D eigenvalue weighted by Crippen LogP contribution is 2.09. The van der Waals surface area contributed by atoms with Crippen molar-refractivity contribution in [3.63, 3.8) is 0 Å². The molecule has 0 unspecified atom stereocenters. The van der Waals surface area contributed by atoms with Crippen molar-refractivity contribution in [3.8, 4) is 0 Å². The highest BCUT2D eigenvalue weighted by atomic mass is 16.1. The summed E-state index contributed by atoms with van der Waals surface area (Å²) in [6.45, 7) is 1.34. The molecule has 0 fully saturated rings. The average molecular weight is 241 g/mol. The Morgan fingerprint density at radius 3 is 2.78 bits per heavy atom. The Morgan fingerprint density at radius 1 is 1.11 bits per heavy atom. The molecule has 4 heteroatoms. The van der Waals surface area contributed by atoms with Crippen molar-refractivity contribution in [2.45, 2.75) is 25.9 Å². The van der Waals surface area contributed by atoms with Crippen molar-refractivity contribution in [1.29, 1.82) is 0 Å². The Bertz CT molecular complexity index is 604. The lowest BCUT2D eigenvalue weighted by atomic mass is 10.1.